The van der Waals surface area contributed by atoms with Crippen molar-refractivity contribution in [2.45, 2.75) is 32.2 Å². The van der Waals surface area contributed by atoms with Gasteiger partial charge in [-0.2, -0.15) is 28.5 Å². The number of alkyl halides is 3. The molecule has 0 saturated carbocycles. The summed E-state index contributed by atoms with van der Waals surface area (Å²) in [5.74, 6) is 0.733. The molecule has 0 saturated heterocycles. The number of anilines is 6. The molecule has 1 atom stereocenters. The van der Waals surface area contributed by atoms with E-state index in [9.17, 15) is 37.8 Å². The van der Waals surface area contributed by atoms with Crippen LogP contribution in [0.25, 0.3) is 66.9 Å². The molecule has 0 fully saturated rings. The van der Waals surface area contributed by atoms with Gasteiger partial charge in [0.1, 0.15) is 28.7 Å². The zero-order valence-corrected chi connectivity index (χ0v) is 60.5. The molecule has 1 unspecified atom stereocenters. The summed E-state index contributed by atoms with van der Waals surface area (Å²) < 4.78 is 69.9. The Morgan fingerprint density at radius 3 is 1.48 bits per heavy atom. The first-order valence-electron chi connectivity index (χ1n) is 33.7. The zero-order valence-electron chi connectivity index (χ0n) is 59.7. The summed E-state index contributed by atoms with van der Waals surface area (Å²) in [5, 5.41) is 37.3. The summed E-state index contributed by atoms with van der Waals surface area (Å²) in [7, 11) is 9.57. The number of ether oxygens (including phenoxy) is 5. The Hall–Kier alpha value is -12.8. The Balaban J connectivity index is 0.000000154. The Labute approximate surface area is 621 Å². The maximum atomic E-state index is 13.1. The monoisotopic (exact) mass is 1490 g/mol. The van der Waals surface area contributed by atoms with E-state index in [-0.39, 0.29) is 38.1 Å². The summed E-state index contributed by atoms with van der Waals surface area (Å²) in [6, 6.07) is 39.9. The number of methoxy groups -OCH3 is 5. The molecule has 31 heteroatoms. The fourth-order valence-corrected chi connectivity index (χ4v) is 12.0. The lowest BCUT2D eigenvalue weighted by Gasteiger charge is -2.28. The zero-order chi connectivity index (χ0) is 76.4. The van der Waals surface area contributed by atoms with Gasteiger partial charge in [-0.25, -0.2) is 15.0 Å². The fraction of sp³-hybridized carbons (Fsp3) is 0.221. The maximum absolute atomic E-state index is 13.1. The number of aromatic nitrogens is 12. The lowest BCUT2D eigenvalue weighted by Crippen LogP contribution is -2.55. The van der Waals surface area contributed by atoms with Crippen molar-refractivity contribution in [3.05, 3.63) is 205 Å². The Morgan fingerprint density at radius 2 is 1.04 bits per heavy atom. The number of aliphatic hydroxyl groups excluding tert-OH is 1. The highest BCUT2D eigenvalue weighted by atomic mass is 35.5. The molecule has 108 heavy (non-hydrogen) atoms. The number of H-pyrrole nitrogens is 1. The number of imide groups is 1. The topological polar surface area (TPSA) is 304 Å². The molecule has 14 rings (SSSR count). The van der Waals surface area contributed by atoms with Crippen LogP contribution in [0.4, 0.5) is 47.3 Å². The van der Waals surface area contributed by atoms with Crippen molar-refractivity contribution >= 4 is 96.5 Å². The van der Waals surface area contributed by atoms with E-state index in [1.165, 1.54) is 19.1 Å². The van der Waals surface area contributed by atoms with Gasteiger partial charge in [-0.05, 0) is 92.7 Å². The van der Waals surface area contributed by atoms with Crippen molar-refractivity contribution in [2.75, 3.05) is 89.6 Å². The van der Waals surface area contributed by atoms with Crippen LogP contribution >= 0.6 is 11.6 Å². The van der Waals surface area contributed by atoms with Crippen molar-refractivity contribution in [1.82, 2.24) is 69.9 Å². The third-order valence-electron chi connectivity index (χ3n) is 17.7. The van der Waals surface area contributed by atoms with Crippen LogP contribution in [-0.4, -0.2) is 179 Å². The van der Waals surface area contributed by atoms with Gasteiger partial charge < -0.3 is 53.9 Å². The third kappa shape index (κ3) is 16.5. The number of nitrogens with zero attached hydrogens (tertiary/aromatic N) is 15. The first kappa shape index (κ1) is 74.9. The number of halogens is 4. The summed E-state index contributed by atoms with van der Waals surface area (Å²) in [6.07, 6.45) is 10.7. The third-order valence-corrected chi connectivity index (χ3v) is 18.0. The summed E-state index contributed by atoms with van der Waals surface area (Å²) >= 11 is 6.43. The summed E-state index contributed by atoms with van der Waals surface area (Å²) in [4.78, 5) is 73.2. The number of carbonyl (C=O) groups excluding carboxylic acids is 3. The van der Waals surface area contributed by atoms with Crippen LogP contribution in [-0.2, 0) is 18.4 Å². The van der Waals surface area contributed by atoms with Crippen LogP contribution in [0.2, 0.25) is 5.02 Å². The van der Waals surface area contributed by atoms with Crippen LogP contribution in [0.15, 0.2) is 189 Å². The maximum Gasteiger partial charge on any atom is 0.426 e. The molecule has 554 valence electrons. The average Bonchev–Trinajstić information content (AvgIpc) is 1.48. The van der Waals surface area contributed by atoms with Gasteiger partial charge >= 0.3 is 6.18 Å². The molecule has 27 nitrogen and oxygen atoms in total. The second-order valence-corrected chi connectivity index (χ2v) is 24.9. The summed E-state index contributed by atoms with van der Waals surface area (Å²) in [6.45, 7) is 3.85. The minimum absolute atomic E-state index is 0.0354. The molecule has 0 radical (unpaired) electrons. The number of benzene rings is 7. The molecule has 13 aromatic rings. The van der Waals surface area contributed by atoms with Gasteiger partial charge in [-0.1, -0.05) is 23.7 Å². The minimum atomic E-state index is -5.13. The Bertz CT molecular complexity index is 5330. The highest BCUT2D eigenvalue weighted by Crippen LogP contribution is 2.40. The van der Waals surface area contributed by atoms with Gasteiger partial charge in [-0.15, -0.1) is 0 Å². The van der Waals surface area contributed by atoms with E-state index in [1.807, 2.05) is 88.4 Å². The van der Waals surface area contributed by atoms with E-state index in [2.05, 4.69) is 40.7 Å². The SMILES string of the molecule is CCn1cc(-c2cnc3ccc(N(CCN4C(=O)c5ccccc5C4=O)c4cc(OC)cc(OC)c4)cc3n2)cn1.COc1cc(OC)cc(N(CCNC(=O)C(C)(O)C(F)(F)F)c2ccc3ncc(-c4cnn(C)c4)nc3c2)c1.COc1ccc(Cl)c(N(CCO)c2ccc3ncc(-c4cn[nH]c4)nc3c2)c1. The predicted molar refractivity (Wildman–Crippen MR) is 402 cm³/mol. The smallest absolute Gasteiger partial charge is 0.426 e. The number of carbonyl (C=O) groups is 3. The molecule has 0 bridgehead atoms. The number of aryl methyl sites for hydroxylation is 2. The van der Waals surface area contributed by atoms with Crippen molar-refractivity contribution in [3.63, 3.8) is 0 Å². The number of fused-ring (bicyclic) bond motifs is 4. The predicted octanol–water partition coefficient (Wildman–Crippen LogP) is 12.4. The normalized spacial score (nSPS) is 12.4. The number of aliphatic hydroxyl groups is 2. The van der Waals surface area contributed by atoms with Crippen LogP contribution in [0.3, 0.4) is 0 Å². The second-order valence-electron chi connectivity index (χ2n) is 24.5. The highest BCUT2D eigenvalue weighted by Gasteiger charge is 2.55. The molecule has 4 N–H and O–H groups in total. The van der Waals surface area contributed by atoms with Gasteiger partial charge in [-0.3, -0.25) is 48.7 Å². The van der Waals surface area contributed by atoms with Crippen LogP contribution < -0.4 is 43.7 Å². The molecule has 0 aliphatic carbocycles. The first-order chi connectivity index (χ1) is 52.1. The molecular weight excluding hydrogens is 1420 g/mol. The number of aromatic amines is 1. The van der Waals surface area contributed by atoms with Gasteiger partial charge in [0.15, 0.2) is 0 Å². The number of hydrogen-bond donors (Lipinski definition) is 4. The molecule has 3 amide bonds. The molecule has 1 aliphatic heterocycles. The molecule has 7 aromatic carbocycles. The van der Waals surface area contributed by atoms with Crippen LogP contribution in [0.1, 0.15) is 34.6 Å². The summed E-state index contributed by atoms with van der Waals surface area (Å²) in [5.41, 5.74) is 10.4. The first-order valence-corrected chi connectivity index (χ1v) is 34.1. The van der Waals surface area contributed by atoms with Crippen LogP contribution in [0.5, 0.6) is 28.7 Å². The Kier molecular flexibility index (Phi) is 22.7. The van der Waals surface area contributed by atoms with E-state index in [1.54, 1.807) is 160 Å². The number of rotatable bonds is 24. The van der Waals surface area contributed by atoms with E-state index >= 15 is 0 Å². The molecule has 0 spiro atoms. The van der Waals surface area contributed by atoms with Crippen molar-refractivity contribution in [1.29, 1.82) is 0 Å². The van der Waals surface area contributed by atoms with Crippen LogP contribution in [0, 0.1) is 0 Å². The fourth-order valence-electron chi connectivity index (χ4n) is 11.8. The Morgan fingerprint density at radius 1 is 0.556 bits per heavy atom. The second kappa shape index (κ2) is 32.7. The van der Waals surface area contributed by atoms with Crippen molar-refractivity contribution in [3.8, 4) is 62.5 Å². The lowest BCUT2D eigenvalue weighted by atomic mass is 10.1. The average molecular weight is 1490 g/mol. The van der Waals surface area contributed by atoms with Crippen molar-refractivity contribution in [2.24, 2.45) is 7.05 Å². The number of hydrogen-bond acceptors (Lipinski definition) is 22. The minimum Gasteiger partial charge on any atom is -0.497 e. The largest absolute Gasteiger partial charge is 0.497 e. The molecule has 1 aliphatic rings. The highest BCUT2D eigenvalue weighted by molar-refractivity contribution is 6.33. The quantitative estimate of drug-likeness (QED) is 0.0409. The van der Waals surface area contributed by atoms with E-state index in [4.69, 9.17) is 50.2 Å². The van der Waals surface area contributed by atoms with E-state index in [0.717, 1.165) is 73.9 Å². The lowest BCUT2D eigenvalue weighted by molar-refractivity contribution is -0.245. The number of nitrogens with one attached hydrogen (secondary N) is 2. The van der Waals surface area contributed by atoms with Gasteiger partial charge in [0.25, 0.3) is 17.7 Å². The van der Waals surface area contributed by atoms with Crippen molar-refractivity contribution < 1.29 is 61.5 Å². The molecule has 7 heterocycles. The molecular formula is C77H73ClF3N17O10. The van der Waals surface area contributed by atoms with Gasteiger partial charge in [0.2, 0.25) is 5.60 Å². The van der Waals surface area contributed by atoms with Gasteiger partial charge in [0, 0.05) is 152 Å². The molecule has 6 aromatic heterocycles. The number of amides is 3. The van der Waals surface area contributed by atoms with E-state index < -0.39 is 17.7 Å². The van der Waals surface area contributed by atoms with E-state index in [0.29, 0.717) is 98.5 Å². The van der Waals surface area contributed by atoms with Gasteiger partial charge in [0.05, 0.1) is 151 Å². The standard InChI is InChI=1S/C31H28N6O4.C26H27F3N6O4.C20H18ClN5O2/c1-4-35-19-20(17-33-35)29-18-32-27-10-9-21(15-28(27)34-29)36(22-13-23(40-2)16-24(14-22)41-3)11-12-37-30(38)25-7-5-6-8-26(25)31(37)39;1-25(37,26(27,28)29)24(36)30-7-8-35(18-9-19(38-3)12-20(10-18)39-4)17-5-6-21-22(11-17)33-23(14-31-21)16-13-32-34(2)15-16;1-28-15-3-4-16(21)20(9-15)26(6-7-27)14-2-5-17-18(8-14)25-19(12-22-17)13-10-23-24-11-13/h5-10,13-19H,4,11-12H2,1-3H3;5-6,9-15,37H,7-8H2,1-4H3,(H,30,36);2-5,8-12,27H,6-7H2,1H3,(H,23,24).